The summed E-state index contributed by atoms with van der Waals surface area (Å²) in [5.74, 6) is -0.861. The minimum absolute atomic E-state index is 0.0129. The van der Waals surface area contributed by atoms with Crippen molar-refractivity contribution in [1.29, 1.82) is 0 Å². The van der Waals surface area contributed by atoms with Crippen molar-refractivity contribution < 1.29 is 14.7 Å². The summed E-state index contributed by atoms with van der Waals surface area (Å²) < 4.78 is 0. The molecule has 3 aliphatic carbocycles. The fraction of sp³-hybridized carbons (Fsp3) is 0.600. The number of rotatable bonds is 1. The molecule has 3 heteroatoms. The van der Waals surface area contributed by atoms with Gasteiger partial charge in [0.05, 0.1) is 0 Å². The first-order valence-electron chi connectivity index (χ1n) is 8.57. The van der Waals surface area contributed by atoms with Crippen molar-refractivity contribution in [2.24, 2.45) is 22.7 Å². The SMILES string of the molecule is CC(C)C1=C(O)C2=C(C(=O)C1=O)[C@@]1(C)CCCC(C)(C)C1C=C2. The van der Waals surface area contributed by atoms with E-state index in [4.69, 9.17) is 0 Å². The molecule has 0 aromatic rings. The van der Waals surface area contributed by atoms with Crippen LogP contribution < -0.4 is 0 Å². The van der Waals surface area contributed by atoms with Crippen molar-refractivity contribution in [3.63, 3.8) is 0 Å². The quantitative estimate of drug-likeness (QED) is 0.580. The summed E-state index contributed by atoms with van der Waals surface area (Å²) in [7, 11) is 0. The van der Waals surface area contributed by atoms with Crippen LogP contribution in [0.1, 0.15) is 53.9 Å². The summed E-state index contributed by atoms with van der Waals surface area (Å²) in [4.78, 5) is 25.5. The van der Waals surface area contributed by atoms with E-state index in [9.17, 15) is 14.7 Å². The maximum atomic E-state index is 12.9. The van der Waals surface area contributed by atoms with E-state index < -0.39 is 11.6 Å². The molecule has 3 nitrogen and oxygen atoms in total. The molecule has 1 N–H and O–H groups in total. The summed E-state index contributed by atoms with van der Waals surface area (Å²) in [6, 6.07) is 0. The molecule has 1 fully saturated rings. The Morgan fingerprint density at radius 3 is 2.39 bits per heavy atom. The molecule has 0 spiro atoms. The molecule has 1 saturated carbocycles. The van der Waals surface area contributed by atoms with Gasteiger partial charge in [0.1, 0.15) is 5.76 Å². The second-order valence-corrected chi connectivity index (χ2v) is 8.46. The largest absolute Gasteiger partial charge is 0.507 e. The molecule has 0 aromatic carbocycles. The van der Waals surface area contributed by atoms with Gasteiger partial charge in [-0.2, -0.15) is 0 Å². The van der Waals surface area contributed by atoms with Gasteiger partial charge >= 0.3 is 0 Å². The highest BCUT2D eigenvalue weighted by atomic mass is 16.3. The van der Waals surface area contributed by atoms with Gasteiger partial charge in [-0.15, -0.1) is 0 Å². The summed E-state index contributed by atoms with van der Waals surface area (Å²) in [5.41, 5.74) is 1.10. The average molecular weight is 314 g/mol. The highest BCUT2D eigenvalue weighted by molar-refractivity contribution is 6.50. The minimum atomic E-state index is -0.519. The number of aliphatic hydroxyl groups excluding tert-OH is 1. The molecular weight excluding hydrogens is 288 g/mol. The highest BCUT2D eigenvalue weighted by Crippen LogP contribution is 2.59. The monoisotopic (exact) mass is 314 g/mol. The topological polar surface area (TPSA) is 54.4 Å². The molecule has 124 valence electrons. The van der Waals surface area contributed by atoms with E-state index in [0.29, 0.717) is 11.1 Å². The molecule has 3 rings (SSSR count). The summed E-state index contributed by atoms with van der Waals surface area (Å²) in [6.45, 7) is 10.2. The van der Waals surface area contributed by atoms with Gasteiger partial charge in [0, 0.05) is 22.1 Å². The second-order valence-electron chi connectivity index (χ2n) is 8.46. The molecule has 0 bridgehead atoms. The van der Waals surface area contributed by atoms with Gasteiger partial charge in [-0.3, -0.25) is 9.59 Å². The number of carbonyl (C=O) groups is 2. The third-order valence-electron chi connectivity index (χ3n) is 6.11. The van der Waals surface area contributed by atoms with Gasteiger partial charge < -0.3 is 5.11 Å². The lowest BCUT2D eigenvalue weighted by atomic mass is 9.50. The Hall–Kier alpha value is -1.64. The first kappa shape index (κ1) is 16.2. The van der Waals surface area contributed by atoms with Crippen LogP contribution in [0.15, 0.2) is 34.6 Å². The van der Waals surface area contributed by atoms with Crippen LogP contribution >= 0.6 is 0 Å². The number of Topliss-reactive ketones (excluding diaryl/α,β-unsaturated/α-hetero) is 2. The molecule has 3 aliphatic rings. The van der Waals surface area contributed by atoms with Crippen LogP contribution in [0.25, 0.3) is 0 Å². The fourth-order valence-electron chi connectivity index (χ4n) is 5.02. The zero-order valence-corrected chi connectivity index (χ0v) is 14.7. The molecule has 0 amide bonds. The molecule has 0 radical (unpaired) electrons. The van der Waals surface area contributed by atoms with Crippen LogP contribution in [0.4, 0.5) is 0 Å². The molecule has 0 aromatic heterocycles. The van der Waals surface area contributed by atoms with Gasteiger partial charge in [0.15, 0.2) is 0 Å². The molecule has 23 heavy (non-hydrogen) atoms. The third kappa shape index (κ3) is 2.09. The normalized spacial score (nSPS) is 33.2. The molecule has 2 atom stereocenters. The lowest BCUT2D eigenvalue weighted by Crippen LogP contribution is -2.48. The Kier molecular flexibility index (Phi) is 3.48. The predicted molar refractivity (Wildman–Crippen MR) is 89.9 cm³/mol. The van der Waals surface area contributed by atoms with E-state index in [1.54, 1.807) is 0 Å². The average Bonchev–Trinajstić information content (AvgIpc) is 2.43. The van der Waals surface area contributed by atoms with Gasteiger partial charge in [0.25, 0.3) is 0 Å². The smallest absolute Gasteiger partial charge is 0.233 e. The highest BCUT2D eigenvalue weighted by Gasteiger charge is 2.53. The summed E-state index contributed by atoms with van der Waals surface area (Å²) in [6.07, 6.45) is 7.05. The van der Waals surface area contributed by atoms with Crippen LogP contribution in [-0.2, 0) is 9.59 Å². The number of fused-ring (bicyclic) bond motifs is 2. The minimum Gasteiger partial charge on any atom is -0.507 e. The zero-order valence-electron chi connectivity index (χ0n) is 14.7. The second kappa shape index (κ2) is 4.93. The molecule has 1 unspecified atom stereocenters. The van der Waals surface area contributed by atoms with E-state index in [2.05, 4.69) is 26.8 Å². The Balaban J connectivity index is 2.23. The van der Waals surface area contributed by atoms with Crippen molar-refractivity contribution >= 4 is 11.6 Å². The maximum absolute atomic E-state index is 12.9. The maximum Gasteiger partial charge on any atom is 0.233 e. The number of hydrogen-bond acceptors (Lipinski definition) is 3. The van der Waals surface area contributed by atoms with Gasteiger partial charge in [0.2, 0.25) is 11.6 Å². The van der Waals surface area contributed by atoms with Crippen LogP contribution in [0.2, 0.25) is 0 Å². The Morgan fingerprint density at radius 2 is 1.78 bits per heavy atom. The van der Waals surface area contributed by atoms with Crippen LogP contribution in [-0.4, -0.2) is 16.7 Å². The third-order valence-corrected chi connectivity index (χ3v) is 6.11. The lowest BCUT2D eigenvalue weighted by molar-refractivity contribution is -0.134. The predicted octanol–water partition coefficient (Wildman–Crippen LogP) is 4.31. The van der Waals surface area contributed by atoms with Gasteiger partial charge in [-0.1, -0.05) is 53.2 Å². The first-order valence-corrected chi connectivity index (χ1v) is 8.57. The fourth-order valence-corrected chi connectivity index (χ4v) is 5.02. The number of allylic oxidation sites excluding steroid dienone is 4. The Bertz CT molecular complexity index is 688. The number of carbonyl (C=O) groups excluding carboxylic acids is 2. The molecule has 0 saturated heterocycles. The Morgan fingerprint density at radius 1 is 1.13 bits per heavy atom. The van der Waals surface area contributed by atoms with Gasteiger partial charge in [-0.05, 0) is 30.1 Å². The standard InChI is InChI=1S/C20H26O3/c1-11(2)14-16(21)12-7-8-13-19(3,4)9-6-10-20(13,5)15(12)18(23)17(14)22/h7-8,11,13,21H,6,9-10H2,1-5H3/t13?,20-/m0/s1. The van der Waals surface area contributed by atoms with E-state index >= 15 is 0 Å². The van der Waals surface area contributed by atoms with Crippen molar-refractivity contribution in [3.05, 3.63) is 34.6 Å². The van der Waals surface area contributed by atoms with Crippen molar-refractivity contribution in [1.82, 2.24) is 0 Å². The van der Waals surface area contributed by atoms with E-state index in [1.165, 1.54) is 0 Å². The Labute approximate surface area is 138 Å². The summed E-state index contributed by atoms with van der Waals surface area (Å²) in [5, 5.41) is 10.7. The number of hydrogen-bond donors (Lipinski definition) is 1. The van der Waals surface area contributed by atoms with E-state index in [0.717, 1.165) is 19.3 Å². The number of aliphatic hydroxyl groups is 1. The van der Waals surface area contributed by atoms with Crippen molar-refractivity contribution in [3.8, 4) is 0 Å². The van der Waals surface area contributed by atoms with Crippen molar-refractivity contribution in [2.75, 3.05) is 0 Å². The van der Waals surface area contributed by atoms with Crippen LogP contribution in [0, 0.1) is 22.7 Å². The van der Waals surface area contributed by atoms with Gasteiger partial charge in [-0.25, -0.2) is 0 Å². The lowest BCUT2D eigenvalue weighted by Gasteiger charge is -2.52. The van der Waals surface area contributed by atoms with Crippen LogP contribution in [0.3, 0.4) is 0 Å². The molecule has 0 heterocycles. The summed E-state index contributed by atoms with van der Waals surface area (Å²) >= 11 is 0. The molecule has 0 aliphatic heterocycles. The first-order chi connectivity index (χ1) is 10.6. The number of ketones is 2. The van der Waals surface area contributed by atoms with Crippen LogP contribution in [0.5, 0.6) is 0 Å². The van der Waals surface area contributed by atoms with Crippen molar-refractivity contribution in [2.45, 2.75) is 53.9 Å². The molecular formula is C20H26O3. The van der Waals surface area contributed by atoms with E-state index in [-0.39, 0.29) is 34.0 Å². The zero-order chi connectivity index (χ0) is 17.2. The van der Waals surface area contributed by atoms with E-state index in [1.807, 2.05) is 19.9 Å².